The number of nitrogens with zero attached hydrogens (tertiary/aromatic N) is 2. The second kappa shape index (κ2) is 4.51. The van der Waals surface area contributed by atoms with E-state index >= 15 is 0 Å². The molecular weight excluding hydrogens is 290 g/mol. The van der Waals surface area contributed by atoms with Gasteiger partial charge in [0.2, 0.25) is 5.91 Å². The van der Waals surface area contributed by atoms with E-state index in [4.69, 9.17) is 4.74 Å². The lowest BCUT2D eigenvalue weighted by Crippen LogP contribution is -2.73. The normalized spacial score (nSPS) is 20.4. The summed E-state index contributed by atoms with van der Waals surface area (Å²) in [5, 5.41) is 3.65. The van der Waals surface area contributed by atoms with E-state index < -0.39 is 5.54 Å². The molecule has 0 aliphatic carbocycles. The van der Waals surface area contributed by atoms with Crippen LogP contribution in [0.5, 0.6) is 0 Å². The lowest BCUT2D eigenvalue weighted by molar-refractivity contribution is -0.152. The van der Waals surface area contributed by atoms with E-state index in [1.807, 2.05) is 24.3 Å². The summed E-state index contributed by atoms with van der Waals surface area (Å²) in [7, 11) is 0. The first-order valence-corrected chi connectivity index (χ1v) is 7.48. The molecule has 0 radical (unpaired) electrons. The number of nitrogens with one attached hydrogen (secondary N) is 1. The Bertz CT molecular complexity index is 738. The van der Waals surface area contributed by atoms with Gasteiger partial charge in [-0.3, -0.25) is 9.59 Å². The fourth-order valence-electron chi connectivity index (χ4n) is 2.78. The van der Waals surface area contributed by atoms with Crippen LogP contribution in [-0.4, -0.2) is 52.9 Å². The minimum absolute atomic E-state index is 0.0635. The first-order chi connectivity index (χ1) is 10.2. The second-order valence-electron chi connectivity index (χ2n) is 5.41. The Balaban J connectivity index is 1.74. The van der Waals surface area contributed by atoms with Crippen molar-refractivity contribution in [3.63, 3.8) is 0 Å². The van der Waals surface area contributed by atoms with Crippen molar-refractivity contribution in [2.24, 2.45) is 0 Å². The van der Waals surface area contributed by atoms with Gasteiger partial charge in [-0.05, 0) is 17.6 Å². The Morgan fingerprint density at radius 2 is 2.19 bits per heavy atom. The summed E-state index contributed by atoms with van der Waals surface area (Å²) in [4.78, 5) is 26.2. The van der Waals surface area contributed by atoms with Crippen LogP contribution in [0.3, 0.4) is 0 Å². The molecule has 2 saturated heterocycles. The van der Waals surface area contributed by atoms with Crippen molar-refractivity contribution < 1.29 is 14.3 Å². The van der Waals surface area contributed by atoms with Crippen molar-refractivity contribution in [2.75, 3.05) is 26.3 Å². The predicted octanol–water partition coefficient (Wildman–Crippen LogP) is 0.637. The Morgan fingerprint density at radius 1 is 1.38 bits per heavy atom. The van der Waals surface area contributed by atoms with Gasteiger partial charge in [0.05, 0.1) is 17.9 Å². The summed E-state index contributed by atoms with van der Waals surface area (Å²) in [6, 6.07) is 7.64. The number of carbonyl (C=O) groups excluding carboxylic acids is 2. The standard InChI is InChI=1S/C14H13N3O3S/c18-11-5-17(14(6-15-11)7-20-8-14)13(19)12-9-3-1-2-4-10(9)21-16-12/h1-4H,5-8H2,(H,15,18). The van der Waals surface area contributed by atoms with Crippen LogP contribution in [0.25, 0.3) is 10.1 Å². The molecule has 7 heteroatoms. The second-order valence-corrected chi connectivity index (χ2v) is 6.22. The zero-order valence-electron chi connectivity index (χ0n) is 11.2. The predicted molar refractivity (Wildman–Crippen MR) is 77.2 cm³/mol. The molecule has 2 aliphatic rings. The molecule has 4 rings (SSSR count). The molecule has 2 fully saturated rings. The minimum Gasteiger partial charge on any atom is -0.376 e. The quantitative estimate of drug-likeness (QED) is 0.839. The van der Waals surface area contributed by atoms with Gasteiger partial charge in [0.15, 0.2) is 0 Å². The lowest BCUT2D eigenvalue weighted by atomic mass is 9.92. The third kappa shape index (κ3) is 1.85. The van der Waals surface area contributed by atoms with E-state index in [9.17, 15) is 9.59 Å². The number of ether oxygens (including phenoxy) is 1. The number of fused-ring (bicyclic) bond motifs is 1. The van der Waals surface area contributed by atoms with Crippen LogP contribution in [0.1, 0.15) is 10.5 Å². The van der Waals surface area contributed by atoms with Crippen molar-refractivity contribution >= 4 is 33.4 Å². The molecule has 0 atom stereocenters. The van der Waals surface area contributed by atoms with E-state index in [1.165, 1.54) is 11.5 Å². The van der Waals surface area contributed by atoms with Crippen molar-refractivity contribution in [2.45, 2.75) is 5.54 Å². The Labute approximate surface area is 124 Å². The van der Waals surface area contributed by atoms with E-state index in [1.54, 1.807) is 4.90 Å². The molecule has 0 bridgehead atoms. The summed E-state index contributed by atoms with van der Waals surface area (Å²) in [5.41, 5.74) is 0.0204. The summed E-state index contributed by atoms with van der Waals surface area (Å²) in [6.45, 7) is 1.43. The third-order valence-electron chi connectivity index (χ3n) is 4.06. The average molecular weight is 303 g/mol. The van der Waals surface area contributed by atoms with Gasteiger partial charge in [-0.2, -0.15) is 4.37 Å². The number of carbonyl (C=O) groups is 2. The van der Waals surface area contributed by atoms with Gasteiger partial charge >= 0.3 is 0 Å². The Hall–Kier alpha value is -1.99. The highest BCUT2D eigenvalue weighted by atomic mass is 32.1. The van der Waals surface area contributed by atoms with Crippen LogP contribution in [0.15, 0.2) is 24.3 Å². The SMILES string of the molecule is O=C1CN(C(=O)c2nsc3ccccc23)C2(CN1)COC2. The van der Waals surface area contributed by atoms with E-state index in [0.29, 0.717) is 25.5 Å². The summed E-state index contributed by atoms with van der Waals surface area (Å²) in [5.74, 6) is -0.328. The number of hydrogen-bond acceptors (Lipinski definition) is 5. The van der Waals surface area contributed by atoms with Crippen LogP contribution in [-0.2, 0) is 9.53 Å². The van der Waals surface area contributed by atoms with Gasteiger partial charge < -0.3 is 15.0 Å². The third-order valence-corrected chi connectivity index (χ3v) is 4.88. The smallest absolute Gasteiger partial charge is 0.275 e. The van der Waals surface area contributed by atoms with Crippen LogP contribution >= 0.6 is 11.5 Å². The maximum atomic E-state index is 12.9. The molecule has 108 valence electrons. The molecule has 2 amide bonds. The van der Waals surface area contributed by atoms with Gasteiger partial charge in [-0.15, -0.1) is 0 Å². The Kier molecular flexibility index (Phi) is 2.73. The maximum absolute atomic E-state index is 12.9. The zero-order valence-corrected chi connectivity index (χ0v) is 12.0. The number of rotatable bonds is 1. The number of piperazine rings is 1. The summed E-state index contributed by atoms with van der Waals surface area (Å²) >= 11 is 1.30. The monoisotopic (exact) mass is 303 g/mol. The maximum Gasteiger partial charge on any atom is 0.275 e. The number of benzene rings is 1. The van der Waals surface area contributed by atoms with Gasteiger partial charge in [0.1, 0.15) is 17.8 Å². The van der Waals surface area contributed by atoms with Crippen LogP contribution in [0.2, 0.25) is 0 Å². The average Bonchev–Trinajstić information content (AvgIpc) is 2.89. The summed E-state index contributed by atoms with van der Waals surface area (Å²) < 4.78 is 10.5. The fourth-order valence-corrected chi connectivity index (χ4v) is 3.55. The minimum atomic E-state index is -0.407. The topological polar surface area (TPSA) is 71.5 Å². The lowest BCUT2D eigenvalue weighted by Gasteiger charge is -2.51. The van der Waals surface area contributed by atoms with Crippen molar-refractivity contribution in [3.05, 3.63) is 30.0 Å². The van der Waals surface area contributed by atoms with Crippen molar-refractivity contribution in [3.8, 4) is 0 Å². The van der Waals surface area contributed by atoms with Gasteiger partial charge in [-0.25, -0.2) is 0 Å². The molecule has 1 N–H and O–H groups in total. The van der Waals surface area contributed by atoms with Gasteiger partial charge in [0, 0.05) is 11.9 Å². The van der Waals surface area contributed by atoms with E-state index in [0.717, 1.165) is 10.1 Å². The van der Waals surface area contributed by atoms with Crippen molar-refractivity contribution in [1.29, 1.82) is 0 Å². The van der Waals surface area contributed by atoms with Crippen LogP contribution in [0.4, 0.5) is 0 Å². The molecule has 0 saturated carbocycles. The molecule has 3 heterocycles. The molecule has 2 aromatic rings. The first-order valence-electron chi connectivity index (χ1n) is 6.70. The van der Waals surface area contributed by atoms with Gasteiger partial charge in [0.25, 0.3) is 5.91 Å². The number of hydrogen-bond donors (Lipinski definition) is 1. The molecule has 21 heavy (non-hydrogen) atoms. The molecular formula is C14H13N3O3S. The molecule has 1 aromatic carbocycles. The van der Waals surface area contributed by atoms with E-state index in [-0.39, 0.29) is 18.4 Å². The van der Waals surface area contributed by atoms with Crippen LogP contribution < -0.4 is 5.32 Å². The number of aromatic nitrogens is 1. The first kappa shape index (κ1) is 12.7. The highest BCUT2D eigenvalue weighted by Gasteiger charge is 2.50. The molecule has 1 aromatic heterocycles. The largest absolute Gasteiger partial charge is 0.376 e. The van der Waals surface area contributed by atoms with E-state index in [2.05, 4.69) is 9.69 Å². The summed E-state index contributed by atoms with van der Waals surface area (Å²) in [6.07, 6.45) is 0. The number of amides is 2. The molecule has 1 spiro atoms. The van der Waals surface area contributed by atoms with Gasteiger partial charge in [-0.1, -0.05) is 18.2 Å². The highest BCUT2D eigenvalue weighted by molar-refractivity contribution is 7.13. The Morgan fingerprint density at radius 3 is 2.95 bits per heavy atom. The molecule has 2 aliphatic heterocycles. The highest BCUT2D eigenvalue weighted by Crippen LogP contribution is 2.30. The molecule has 6 nitrogen and oxygen atoms in total. The van der Waals surface area contributed by atoms with Crippen LogP contribution in [0, 0.1) is 0 Å². The van der Waals surface area contributed by atoms with Crippen molar-refractivity contribution in [1.82, 2.24) is 14.6 Å². The zero-order chi connectivity index (χ0) is 14.4. The molecule has 0 unspecified atom stereocenters. The fraction of sp³-hybridized carbons (Fsp3) is 0.357.